The first-order chi connectivity index (χ1) is 9.17. The second-order valence-electron chi connectivity index (χ2n) is 5.82. The highest BCUT2D eigenvalue weighted by atomic mass is 16.5. The van der Waals surface area contributed by atoms with Crippen LogP contribution in [0.2, 0.25) is 0 Å². The molecule has 1 saturated carbocycles. The van der Waals surface area contributed by atoms with Crippen molar-refractivity contribution in [3.63, 3.8) is 0 Å². The molecule has 0 spiro atoms. The zero-order chi connectivity index (χ0) is 14.1. The van der Waals surface area contributed by atoms with Gasteiger partial charge in [0.1, 0.15) is 6.04 Å². The van der Waals surface area contributed by atoms with E-state index in [9.17, 15) is 9.90 Å². The number of methoxy groups -OCH3 is 1. The summed E-state index contributed by atoms with van der Waals surface area (Å²) in [7, 11) is 1.44. The molecule has 0 bridgehead atoms. The third kappa shape index (κ3) is 5.11. The Morgan fingerprint density at radius 3 is 2.58 bits per heavy atom. The largest absolute Gasteiger partial charge is 0.468 e. The van der Waals surface area contributed by atoms with E-state index in [1.165, 1.54) is 26.4 Å². The number of esters is 1. The summed E-state index contributed by atoms with van der Waals surface area (Å²) in [5, 5.41) is 13.0. The number of hydrogen-bond acceptors (Lipinski definition) is 4. The van der Waals surface area contributed by atoms with Gasteiger partial charge in [0, 0.05) is 18.6 Å². The summed E-state index contributed by atoms with van der Waals surface area (Å²) in [5.74, 6) is -0.183. The van der Waals surface area contributed by atoms with Gasteiger partial charge in [-0.05, 0) is 19.3 Å². The van der Waals surface area contributed by atoms with Gasteiger partial charge in [-0.2, -0.15) is 0 Å². The zero-order valence-corrected chi connectivity index (χ0v) is 12.4. The lowest BCUT2D eigenvalue weighted by molar-refractivity contribution is -0.143. The fourth-order valence-corrected chi connectivity index (χ4v) is 2.89. The van der Waals surface area contributed by atoms with Crippen LogP contribution in [0.4, 0.5) is 0 Å². The third-order valence-corrected chi connectivity index (χ3v) is 4.31. The van der Waals surface area contributed by atoms with E-state index in [2.05, 4.69) is 12.2 Å². The monoisotopic (exact) mass is 271 g/mol. The van der Waals surface area contributed by atoms with Gasteiger partial charge in [-0.3, -0.25) is 4.79 Å². The van der Waals surface area contributed by atoms with E-state index in [-0.39, 0.29) is 24.0 Å². The lowest BCUT2D eigenvalue weighted by atomic mass is 9.74. The van der Waals surface area contributed by atoms with Gasteiger partial charge in [0.15, 0.2) is 0 Å². The summed E-state index contributed by atoms with van der Waals surface area (Å²) in [6.07, 6.45) is 8.62. The smallest absolute Gasteiger partial charge is 0.322 e. The van der Waals surface area contributed by atoms with Crippen molar-refractivity contribution in [2.24, 2.45) is 5.41 Å². The molecule has 1 fully saturated rings. The predicted molar refractivity (Wildman–Crippen MR) is 75.9 cm³/mol. The molecule has 2 N–H and O–H groups in total. The molecule has 0 aromatic rings. The Labute approximate surface area is 116 Å². The molecule has 1 rings (SSSR count). The Hall–Kier alpha value is -0.610. The van der Waals surface area contributed by atoms with Crippen LogP contribution >= 0.6 is 0 Å². The van der Waals surface area contributed by atoms with Gasteiger partial charge in [0.2, 0.25) is 0 Å². The van der Waals surface area contributed by atoms with Crippen molar-refractivity contribution in [1.29, 1.82) is 0 Å². The molecule has 0 aromatic heterocycles. The van der Waals surface area contributed by atoms with E-state index in [1.807, 2.05) is 0 Å². The van der Waals surface area contributed by atoms with E-state index >= 15 is 0 Å². The maximum absolute atomic E-state index is 11.7. The molecule has 112 valence electrons. The first-order valence-corrected chi connectivity index (χ1v) is 7.59. The second-order valence-corrected chi connectivity index (χ2v) is 5.82. The summed E-state index contributed by atoms with van der Waals surface area (Å²) in [4.78, 5) is 11.7. The van der Waals surface area contributed by atoms with Crippen LogP contribution in [0.1, 0.15) is 58.3 Å². The van der Waals surface area contributed by atoms with Crippen molar-refractivity contribution in [2.75, 3.05) is 20.3 Å². The zero-order valence-electron chi connectivity index (χ0n) is 12.4. The van der Waals surface area contributed by atoms with Gasteiger partial charge in [-0.25, -0.2) is 0 Å². The molecule has 19 heavy (non-hydrogen) atoms. The van der Waals surface area contributed by atoms with Crippen LogP contribution in [0.5, 0.6) is 0 Å². The number of ether oxygens (including phenoxy) is 1. The molecule has 4 nitrogen and oxygen atoms in total. The number of aliphatic hydroxyl groups excluding tert-OH is 1. The molecule has 0 amide bonds. The van der Waals surface area contributed by atoms with E-state index in [4.69, 9.17) is 4.74 Å². The normalized spacial score (nSPS) is 19.9. The molecule has 1 aliphatic carbocycles. The summed E-state index contributed by atoms with van der Waals surface area (Å²) >= 11 is 0. The van der Waals surface area contributed by atoms with Crippen LogP contribution in [0, 0.1) is 5.41 Å². The van der Waals surface area contributed by atoms with Gasteiger partial charge in [0.25, 0.3) is 0 Å². The predicted octanol–water partition coefficient (Wildman–Crippen LogP) is 2.25. The molecule has 0 saturated heterocycles. The molecular formula is C15H29NO3. The van der Waals surface area contributed by atoms with Crippen molar-refractivity contribution in [2.45, 2.75) is 64.3 Å². The molecule has 0 radical (unpaired) electrons. The van der Waals surface area contributed by atoms with E-state index in [1.54, 1.807) is 0 Å². The highest BCUT2D eigenvalue weighted by Gasteiger charge is 2.32. The summed E-state index contributed by atoms with van der Waals surface area (Å²) in [6.45, 7) is 3.04. The Balaban J connectivity index is 2.50. The topological polar surface area (TPSA) is 58.6 Å². The van der Waals surface area contributed by atoms with Gasteiger partial charge in [-0.1, -0.05) is 39.0 Å². The van der Waals surface area contributed by atoms with Gasteiger partial charge < -0.3 is 15.2 Å². The highest BCUT2D eigenvalue weighted by molar-refractivity contribution is 5.75. The van der Waals surface area contributed by atoms with Gasteiger partial charge in [-0.15, -0.1) is 0 Å². The fourth-order valence-electron chi connectivity index (χ4n) is 2.89. The molecule has 0 heterocycles. The van der Waals surface area contributed by atoms with Gasteiger partial charge in [0.05, 0.1) is 7.11 Å². The fraction of sp³-hybridized carbons (Fsp3) is 0.933. The molecule has 1 atom stereocenters. The number of aliphatic hydroxyl groups is 1. The molecule has 1 aliphatic rings. The average molecular weight is 271 g/mol. The SMILES string of the molecule is CCCCC(NCC1(CO)CCCCC1)C(=O)OC. The lowest BCUT2D eigenvalue weighted by Gasteiger charge is -2.36. The van der Waals surface area contributed by atoms with E-state index in [0.29, 0.717) is 6.54 Å². The van der Waals surface area contributed by atoms with Crippen LogP contribution in [0.3, 0.4) is 0 Å². The number of carbonyl (C=O) groups excluding carboxylic acids is 1. The first kappa shape index (κ1) is 16.4. The van der Waals surface area contributed by atoms with Crippen LogP contribution in [-0.4, -0.2) is 37.4 Å². The van der Waals surface area contributed by atoms with Crippen molar-refractivity contribution in [1.82, 2.24) is 5.32 Å². The van der Waals surface area contributed by atoms with Crippen LogP contribution < -0.4 is 5.32 Å². The molecule has 0 aromatic carbocycles. The molecule has 1 unspecified atom stereocenters. The first-order valence-electron chi connectivity index (χ1n) is 7.59. The molecular weight excluding hydrogens is 242 g/mol. The number of unbranched alkanes of at least 4 members (excludes halogenated alkanes) is 1. The Morgan fingerprint density at radius 1 is 1.37 bits per heavy atom. The number of hydrogen-bond donors (Lipinski definition) is 2. The van der Waals surface area contributed by atoms with Crippen molar-refractivity contribution >= 4 is 5.97 Å². The van der Waals surface area contributed by atoms with E-state index < -0.39 is 0 Å². The third-order valence-electron chi connectivity index (χ3n) is 4.31. The summed E-state index contributed by atoms with van der Waals surface area (Å²) < 4.78 is 4.85. The lowest BCUT2D eigenvalue weighted by Crippen LogP contribution is -2.46. The molecule has 4 heteroatoms. The second kappa shape index (κ2) is 8.54. The highest BCUT2D eigenvalue weighted by Crippen LogP contribution is 2.35. The standard InChI is InChI=1S/C15H29NO3/c1-3-4-8-13(14(18)19-2)16-11-15(12-17)9-6-5-7-10-15/h13,16-17H,3-12H2,1-2H3. The average Bonchev–Trinajstić information content (AvgIpc) is 2.47. The van der Waals surface area contributed by atoms with Crippen LogP contribution in [0.25, 0.3) is 0 Å². The maximum Gasteiger partial charge on any atom is 0.322 e. The van der Waals surface area contributed by atoms with E-state index in [0.717, 1.165) is 32.1 Å². The Bertz CT molecular complexity index is 262. The number of carbonyl (C=O) groups is 1. The molecule has 0 aliphatic heterocycles. The van der Waals surface area contributed by atoms with Gasteiger partial charge >= 0.3 is 5.97 Å². The summed E-state index contributed by atoms with van der Waals surface area (Å²) in [5.41, 5.74) is -0.0310. The maximum atomic E-state index is 11.7. The van der Waals surface area contributed by atoms with Crippen molar-refractivity contribution in [3.05, 3.63) is 0 Å². The minimum absolute atomic E-state index is 0.0310. The van der Waals surface area contributed by atoms with Crippen molar-refractivity contribution in [3.8, 4) is 0 Å². The Morgan fingerprint density at radius 2 is 2.05 bits per heavy atom. The quantitative estimate of drug-likeness (QED) is 0.665. The number of rotatable bonds is 8. The summed E-state index contributed by atoms with van der Waals surface area (Å²) in [6, 6.07) is -0.227. The minimum Gasteiger partial charge on any atom is -0.468 e. The minimum atomic E-state index is -0.227. The van der Waals surface area contributed by atoms with Crippen molar-refractivity contribution < 1.29 is 14.6 Å². The Kier molecular flexibility index (Phi) is 7.39. The van der Waals surface area contributed by atoms with Crippen LogP contribution in [0.15, 0.2) is 0 Å². The van der Waals surface area contributed by atoms with Crippen LogP contribution in [-0.2, 0) is 9.53 Å². The number of nitrogens with one attached hydrogen (secondary N) is 1.